The smallest absolute Gasteiger partial charge is 0.191 e. The molecule has 130 valence electrons. The summed E-state index contributed by atoms with van der Waals surface area (Å²) in [6, 6.07) is 4.49. The van der Waals surface area contributed by atoms with Crippen molar-refractivity contribution >= 4 is 17.3 Å². The summed E-state index contributed by atoms with van der Waals surface area (Å²) in [6.45, 7) is 5.47. The van der Waals surface area contributed by atoms with Crippen LogP contribution in [0.25, 0.3) is 0 Å². The molecular weight excluding hydrogens is 310 g/mol. The number of methoxy groups -OCH3 is 1. The van der Waals surface area contributed by atoms with Crippen molar-refractivity contribution in [2.45, 2.75) is 44.8 Å². The van der Waals surface area contributed by atoms with E-state index >= 15 is 0 Å². The van der Waals surface area contributed by atoms with Crippen LogP contribution in [0.3, 0.4) is 0 Å². The Kier molecular flexibility index (Phi) is 8.42. The predicted molar refractivity (Wildman–Crippen MR) is 96.3 cm³/mol. The van der Waals surface area contributed by atoms with E-state index in [0.717, 1.165) is 45.1 Å². The molecule has 2 rings (SSSR count). The van der Waals surface area contributed by atoms with Crippen LogP contribution in [0.4, 0.5) is 0 Å². The normalized spacial score (nSPS) is 19.7. The van der Waals surface area contributed by atoms with Crippen molar-refractivity contribution in [1.29, 1.82) is 0 Å². The maximum atomic E-state index is 5.67. The summed E-state index contributed by atoms with van der Waals surface area (Å²) in [4.78, 5) is 5.97. The third-order valence-electron chi connectivity index (χ3n) is 3.88. The lowest BCUT2D eigenvalue weighted by molar-refractivity contribution is 0.105. The van der Waals surface area contributed by atoms with Crippen LogP contribution in [0, 0.1) is 0 Å². The average Bonchev–Trinajstić information content (AvgIpc) is 3.24. The Morgan fingerprint density at radius 2 is 2.48 bits per heavy atom. The van der Waals surface area contributed by atoms with Gasteiger partial charge in [0.05, 0.1) is 12.1 Å². The summed E-state index contributed by atoms with van der Waals surface area (Å²) in [7, 11) is 1.72. The first-order valence-electron chi connectivity index (χ1n) is 8.48. The number of hydrogen-bond acceptors (Lipinski definition) is 4. The summed E-state index contributed by atoms with van der Waals surface area (Å²) < 4.78 is 10.8. The fourth-order valence-electron chi connectivity index (χ4n) is 2.59. The standard InChI is InChI=1S/C17H29N3O2S/c1-14(16-7-4-13-23-16)20-17(18-9-5-11-21-2)19-10-8-15-6-3-12-22-15/h4,7,13-15H,3,5-6,8-12H2,1-2H3,(H2,18,19,20)/t14-,15-/m0/s1. The molecule has 2 heterocycles. The van der Waals surface area contributed by atoms with E-state index in [1.807, 2.05) is 0 Å². The molecule has 0 amide bonds. The maximum absolute atomic E-state index is 5.67. The second-order valence-electron chi connectivity index (χ2n) is 5.81. The monoisotopic (exact) mass is 339 g/mol. The Labute approximate surface area is 143 Å². The van der Waals surface area contributed by atoms with Crippen LogP contribution < -0.4 is 10.6 Å². The third-order valence-corrected chi connectivity index (χ3v) is 4.94. The average molecular weight is 340 g/mol. The number of nitrogens with one attached hydrogen (secondary N) is 2. The molecule has 2 N–H and O–H groups in total. The zero-order valence-electron chi connectivity index (χ0n) is 14.2. The topological polar surface area (TPSA) is 54.9 Å². The van der Waals surface area contributed by atoms with Crippen molar-refractivity contribution in [1.82, 2.24) is 10.6 Å². The highest BCUT2D eigenvalue weighted by Gasteiger charge is 2.15. The van der Waals surface area contributed by atoms with Crippen LogP contribution in [0.15, 0.2) is 22.5 Å². The van der Waals surface area contributed by atoms with Crippen molar-refractivity contribution in [2.24, 2.45) is 4.99 Å². The molecule has 1 aliphatic rings. The van der Waals surface area contributed by atoms with Crippen LogP contribution in [0.1, 0.15) is 43.5 Å². The fraction of sp³-hybridized carbons (Fsp3) is 0.706. The third kappa shape index (κ3) is 6.89. The number of guanidine groups is 1. The highest BCUT2D eigenvalue weighted by atomic mass is 32.1. The molecule has 5 nitrogen and oxygen atoms in total. The molecule has 0 spiro atoms. The van der Waals surface area contributed by atoms with Gasteiger partial charge in [-0.15, -0.1) is 11.3 Å². The largest absolute Gasteiger partial charge is 0.385 e. The van der Waals surface area contributed by atoms with Crippen LogP contribution in [0.2, 0.25) is 0 Å². The van der Waals surface area contributed by atoms with E-state index in [2.05, 4.69) is 40.1 Å². The van der Waals surface area contributed by atoms with Gasteiger partial charge in [0.2, 0.25) is 0 Å². The Morgan fingerprint density at radius 3 is 3.17 bits per heavy atom. The first-order valence-corrected chi connectivity index (χ1v) is 9.36. The molecule has 6 heteroatoms. The van der Waals surface area contributed by atoms with Crippen LogP contribution >= 0.6 is 11.3 Å². The Bertz CT molecular complexity index is 445. The zero-order valence-corrected chi connectivity index (χ0v) is 15.0. The van der Waals surface area contributed by atoms with Gasteiger partial charge in [-0.25, -0.2) is 0 Å². The molecule has 0 bridgehead atoms. The Balaban J connectivity index is 1.80. The van der Waals surface area contributed by atoms with E-state index in [4.69, 9.17) is 9.47 Å². The van der Waals surface area contributed by atoms with Gasteiger partial charge in [-0.3, -0.25) is 4.99 Å². The molecule has 0 unspecified atom stereocenters. The predicted octanol–water partition coefficient (Wildman–Crippen LogP) is 2.95. The minimum absolute atomic E-state index is 0.256. The van der Waals surface area contributed by atoms with Gasteiger partial charge in [0, 0.05) is 38.3 Å². The summed E-state index contributed by atoms with van der Waals surface area (Å²) in [6.07, 6.45) is 4.75. The second-order valence-corrected chi connectivity index (χ2v) is 6.79. The molecule has 1 aliphatic heterocycles. The lowest BCUT2D eigenvalue weighted by Gasteiger charge is -2.18. The molecular formula is C17H29N3O2S. The number of ether oxygens (including phenoxy) is 2. The molecule has 1 fully saturated rings. The lowest BCUT2D eigenvalue weighted by atomic mass is 10.2. The van der Waals surface area contributed by atoms with Gasteiger partial charge in [0.1, 0.15) is 0 Å². The number of nitrogens with zero attached hydrogens (tertiary/aromatic N) is 1. The van der Waals surface area contributed by atoms with E-state index < -0.39 is 0 Å². The molecule has 0 aromatic carbocycles. The highest BCUT2D eigenvalue weighted by Crippen LogP contribution is 2.18. The Hall–Kier alpha value is -1.11. The minimum Gasteiger partial charge on any atom is -0.385 e. The minimum atomic E-state index is 0.256. The van der Waals surface area contributed by atoms with E-state index in [0.29, 0.717) is 6.10 Å². The molecule has 0 radical (unpaired) electrons. The SMILES string of the molecule is COCCCN=C(NCC[C@@H]1CCCO1)N[C@@H](C)c1cccs1. The second kappa shape index (κ2) is 10.6. The number of rotatable bonds is 9. The first-order chi connectivity index (χ1) is 11.3. The maximum Gasteiger partial charge on any atom is 0.191 e. The lowest BCUT2D eigenvalue weighted by Crippen LogP contribution is -2.40. The number of hydrogen-bond donors (Lipinski definition) is 2. The van der Waals surface area contributed by atoms with Gasteiger partial charge >= 0.3 is 0 Å². The van der Waals surface area contributed by atoms with Gasteiger partial charge in [-0.05, 0) is 44.1 Å². The summed E-state index contributed by atoms with van der Waals surface area (Å²) >= 11 is 1.76. The highest BCUT2D eigenvalue weighted by molar-refractivity contribution is 7.10. The van der Waals surface area contributed by atoms with Crippen LogP contribution in [-0.4, -0.2) is 45.5 Å². The van der Waals surface area contributed by atoms with Crippen molar-refractivity contribution in [3.63, 3.8) is 0 Å². The van der Waals surface area contributed by atoms with Crippen molar-refractivity contribution in [2.75, 3.05) is 33.4 Å². The van der Waals surface area contributed by atoms with Crippen molar-refractivity contribution < 1.29 is 9.47 Å². The fourth-order valence-corrected chi connectivity index (χ4v) is 3.32. The first kappa shape index (κ1) is 18.2. The number of thiophene rings is 1. The zero-order chi connectivity index (χ0) is 16.3. The van der Waals surface area contributed by atoms with Crippen LogP contribution in [0.5, 0.6) is 0 Å². The van der Waals surface area contributed by atoms with Crippen LogP contribution in [-0.2, 0) is 9.47 Å². The van der Waals surface area contributed by atoms with Gasteiger partial charge in [0.15, 0.2) is 5.96 Å². The van der Waals surface area contributed by atoms with E-state index in [1.54, 1.807) is 18.4 Å². The quantitative estimate of drug-likeness (QED) is 0.413. The van der Waals surface area contributed by atoms with Gasteiger partial charge in [0.25, 0.3) is 0 Å². The van der Waals surface area contributed by atoms with Crippen molar-refractivity contribution in [3.8, 4) is 0 Å². The Morgan fingerprint density at radius 1 is 1.57 bits per heavy atom. The van der Waals surface area contributed by atoms with E-state index in [-0.39, 0.29) is 6.04 Å². The molecule has 1 aromatic heterocycles. The van der Waals surface area contributed by atoms with Gasteiger partial charge < -0.3 is 20.1 Å². The summed E-state index contributed by atoms with van der Waals surface area (Å²) in [5.74, 6) is 0.875. The molecule has 2 atom stereocenters. The summed E-state index contributed by atoms with van der Waals surface area (Å²) in [5, 5.41) is 9.03. The van der Waals surface area contributed by atoms with Gasteiger partial charge in [-0.2, -0.15) is 0 Å². The molecule has 23 heavy (non-hydrogen) atoms. The number of aliphatic imine (C=N–C) groups is 1. The molecule has 1 aromatic rings. The summed E-state index contributed by atoms with van der Waals surface area (Å²) in [5.41, 5.74) is 0. The molecule has 1 saturated heterocycles. The van der Waals surface area contributed by atoms with Crippen molar-refractivity contribution in [3.05, 3.63) is 22.4 Å². The van der Waals surface area contributed by atoms with E-state index in [9.17, 15) is 0 Å². The molecule has 0 aliphatic carbocycles. The van der Waals surface area contributed by atoms with E-state index in [1.165, 1.54) is 17.7 Å². The molecule has 0 saturated carbocycles. The van der Waals surface area contributed by atoms with Gasteiger partial charge in [-0.1, -0.05) is 6.07 Å².